The molecule has 0 bridgehead atoms. The molecule has 13 nitrogen and oxygen atoms in total. The second kappa shape index (κ2) is 11.7. The van der Waals surface area contributed by atoms with Crippen LogP contribution in [-0.2, 0) is 9.53 Å². The largest absolute Gasteiger partial charge is 0.489 e. The number of nitrogens with zero attached hydrogens (tertiary/aromatic N) is 2. The molecule has 3 fully saturated rings. The minimum absolute atomic E-state index is 0.0119. The Kier molecular flexibility index (Phi) is 8.24. The Morgan fingerprint density at radius 1 is 1.24 bits per heavy atom. The molecule has 3 aliphatic carbocycles. The van der Waals surface area contributed by atoms with Crippen LogP contribution in [0.15, 0.2) is 41.1 Å². The van der Waals surface area contributed by atoms with E-state index < -0.39 is 11.5 Å². The van der Waals surface area contributed by atoms with Crippen molar-refractivity contribution in [2.24, 2.45) is 22.8 Å². The molecule has 0 aromatic carbocycles. The third-order valence-corrected chi connectivity index (χ3v) is 7.82. The van der Waals surface area contributed by atoms with Gasteiger partial charge in [-0.05, 0) is 69.9 Å². The normalized spacial score (nSPS) is 26.0. The number of nitrogens with one attached hydrogen (secondary N) is 3. The topological polar surface area (TPSA) is 208 Å². The Balaban J connectivity index is 1.14. The van der Waals surface area contributed by atoms with E-state index in [1.54, 1.807) is 26.0 Å². The lowest BCUT2D eigenvalue weighted by molar-refractivity contribution is -0.123. The molecule has 13 heteroatoms. The van der Waals surface area contributed by atoms with Crippen LogP contribution in [-0.4, -0.2) is 70.6 Å². The summed E-state index contributed by atoms with van der Waals surface area (Å²) in [5, 5.41) is 24.4. The highest BCUT2D eigenvalue weighted by atomic mass is 16.5. The van der Waals surface area contributed by atoms with E-state index in [9.17, 15) is 14.7 Å². The van der Waals surface area contributed by atoms with Gasteiger partial charge < -0.3 is 46.8 Å². The SMILES string of the molecule is CC(C)(O)COC1=C(C2CC2)N/C(=C(\C=N)C(=O)NC2CC3(C2)CC(Oc2nc(OCCN)ncc2C(N)=O)C3)C=C1. The van der Waals surface area contributed by atoms with Crippen LogP contribution >= 0.6 is 0 Å². The monoisotopic (exact) mass is 581 g/mol. The molecule has 0 unspecified atom stereocenters. The van der Waals surface area contributed by atoms with Gasteiger partial charge >= 0.3 is 6.01 Å². The highest BCUT2D eigenvalue weighted by molar-refractivity contribution is 6.12. The van der Waals surface area contributed by atoms with Gasteiger partial charge in [-0.3, -0.25) is 9.59 Å². The van der Waals surface area contributed by atoms with Crippen molar-refractivity contribution in [1.82, 2.24) is 20.6 Å². The average molecular weight is 582 g/mol. The zero-order chi connectivity index (χ0) is 30.1. The zero-order valence-corrected chi connectivity index (χ0v) is 23.9. The number of primary amides is 1. The van der Waals surface area contributed by atoms with Crippen LogP contribution in [0.1, 0.15) is 62.7 Å². The molecule has 1 aromatic heterocycles. The molecule has 0 atom stereocenters. The van der Waals surface area contributed by atoms with Gasteiger partial charge in [0.1, 0.15) is 30.6 Å². The first kappa shape index (κ1) is 29.5. The van der Waals surface area contributed by atoms with Crippen molar-refractivity contribution < 1.29 is 28.9 Å². The van der Waals surface area contributed by atoms with Crippen LogP contribution in [0, 0.1) is 16.7 Å². The summed E-state index contributed by atoms with van der Waals surface area (Å²) in [5.41, 5.74) is 11.8. The molecule has 2 heterocycles. The van der Waals surface area contributed by atoms with Gasteiger partial charge in [0.05, 0.1) is 28.8 Å². The van der Waals surface area contributed by atoms with Crippen molar-refractivity contribution in [1.29, 1.82) is 5.41 Å². The summed E-state index contributed by atoms with van der Waals surface area (Å²) in [5.74, 6) is 0.0599. The number of carbonyl (C=O) groups is 2. The number of aromatic nitrogens is 2. The first-order valence-electron chi connectivity index (χ1n) is 14.3. The van der Waals surface area contributed by atoms with E-state index in [1.165, 1.54) is 6.20 Å². The number of hydrogen-bond acceptors (Lipinski definition) is 11. The Bertz CT molecular complexity index is 1330. The van der Waals surface area contributed by atoms with E-state index in [-0.39, 0.29) is 59.7 Å². The van der Waals surface area contributed by atoms with Gasteiger partial charge in [-0.25, -0.2) is 4.98 Å². The van der Waals surface area contributed by atoms with Crippen molar-refractivity contribution in [3.8, 4) is 11.9 Å². The maximum atomic E-state index is 13.2. The van der Waals surface area contributed by atoms with Crippen LogP contribution in [0.4, 0.5) is 0 Å². The van der Waals surface area contributed by atoms with Gasteiger partial charge in [0.2, 0.25) is 5.88 Å². The molecule has 8 N–H and O–H groups in total. The first-order valence-corrected chi connectivity index (χ1v) is 14.3. The van der Waals surface area contributed by atoms with Gasteiger partial charge in [0.25, 0.3) is 11.8 Å². The van der Waals surface area contributed by atoms with E-state index in [4.69, 9.17) is 31.1 Å². The predicted molar refractivity (Wildman–Crippen MR) is 152 cm³/mol. The van der Waals surface area contributed by atoms with Crippen molar-refractivity contribution in [3.05, 3.63) is 46.6 Å². The number of amides is 2. The number of hydrogen-bond donors (Lipinski definition) is 6. The maximum Gasteiger partial charge on any atom is 0.319 e. The molecular weight excluding hydrogens is 542 g/mol. The molecule has 226 valence electrons. The molecule has 0 saturated heterocycles. The minimum Gasteiger partial charge on any atom is -0.489 e. The van der Waals surface area contributed by atoms with Crippen molar-refractivity contribution in [2.75, 3.05) is 19.8 Å². The van der Waals surface area contributed by atoms with Crippen molar-refractivity contribution in [3.63, 3.8) is 0 Å². The number of carbonyl (C=O) groups excluding carboxylic acids is 2. The summed E-state index contributed by atoms with van der Waals surface area (Å²) >= 11 is 0. The quantitative estimate of drug-likeness (QED) is 0.145. The van der Waals surface area contributed by atoms with Gasteiger partial charge in [-0.15, -0.1) is 0 Å². The highest BCUT2D eigenvalue weighted by Gasteiger charge is 2.54. The lowest BCUT2D eigenvalue weighted by Crippen LogP contribution is -2.59. The van der Waals surface area contributed by atoms with E-state index in [1.807, 2.05) is 0 Å². The fourth-order valence-electron chi connectivity index (χ4n) is 5.64. The summed E-state index contributed by atoms with van der Waals surface area (Å²) in [4.78, 5) is 33.1. The fourth-order valence-corrected chi connectivity index (χ4v) is 5.64. The molecule has 1 spiro atoms. The molecule has 0 radical (unpaired) electrons. The fraction of sp³-hybridized carbons (Fsp3) is 0.552. The van der Waals surface area contributed by atoms with Gasteiger partial charge in [-0.1, -0.05) is 0 Å². The predicted octanol–water partition coefficient (Wildman–Crippen LogP) is 1.19. The smallest absolute Gasteiger partial charge is 0.319 e. The molecular formula is C29H39N7O6. The third-order valence-electron chi connectivity index (χ3n) is 7.82. The molecule has 2 amide bonds. The Labute approximate surface area is 244 Å². The molecule has 5 rings (SSSR count). The van der Waals surface area contributed by atoms with E-state index in [2.05, 4.69) is 20.6 Å². The Morgan fingerprint density at radius 2 is 1.98 bits per heavy atom. The number of ether oxygens (including phenoxy) is 3. The average Bonchev–Trinajstić information content (AvgIpc) is 3.74. The van der Waals surface area contributed by atoms with E-state index in [0.717, 1.165) is 50.4 Å². The summed E-state index contributed by atoms with van der Waals surface area (Å²) < 4.78 is 17.2. The second-order valence-corrected chi connectivity index (χ2v) is 12.2. The first-order chi connectivity index (χ1) is 20.0. The number of dihydropyridines is 1. The molecule has 1 aliphatic heterocycles. The van der Waals surface area contributed by atoms with Crippen molar-refractivity contribution >= 4 is 18.0 Å². The van der Waals surface area contributed by atoms with E-state index in [0.29, 0.717) is 23.9 Å². The lowest BCUT2D eigenvalue weighted by Gasteiger charge is -2.57. The third kappa shape index (κ3) is 6.73. The molecule has 1 aromatic rings. The molecule has 4 aliphatic rings. The van der Waals surface area contributed by atoms with Crippen molar-refractivity contribution in [2.45, 2.75) is 70.1 Å². The number of nitrogens with two attached hydrogens (primary N) is 2. The highest BCUT2D eigenvalue weighted by Crippen LogP contribution is 2.57. The number of allylic oxidation sites excluding steroid dienone is 3. The molecule has 42 heavy (non-hydrogen) atoms. The van der Waals surface area contributed by atoms with E-state index >= 15 is 0 Å². The Morgan fingerprint density at radius 3 is 2.60 bits per heavy atom. The van der Waals surface area contributed by atoms with Crippen LogP contribution in [0.5, 0.6) is 11.9 Å². The standard InChI is InChI=1S/C29H39N7O6/c1-28(2,39)15-41-22-6-5-21(35-23(22)16-3-4-16)19(13-31)25(38)34-17-9-29(10-17)11-18(12-29)42-26-20(24(32)37)14-33-27(36-26)40-8-7-30/h5-6,13-14,16-18,31,35,39H,3-4,7-12,15,30H2,1-2H3,(H2,32,37)(H,34,38)/b21-19+,31-13?. The summed E-state index contributed by atoms with van der Waals surface area (Å²) in [6, 6.07) is 0.0547. The minimum atomic E-state index is -0.969. The Hall–Kier alpha value is -3.97. The van der Waals surface area contributed by atoms with Gasteiger partial charge in [0.15, 0.2) is 0 Å². The van der Waals surface area contributed by atoms with Crippen LogP contribution in [0.25, 0.3) is 0 Å². The summed E-state index contributed by atoms with van der Waals surface area (Å²) in [7, 11) is 0. The van der Waals surface area contributed by atoms with Crippen LogP contribution in [0.3, 0.4) is 0 Å². The molecule has 3 saturated carbocycles. The van der Waals surface area contributed by atoms with Gasteiger partial charge in [-0.2, -0.15) is 4.98 Å². The van der Waals surface area contributed by atoms with Crippen LogP contribution in [0.2, 0.25) is 0 Å². The van der Waals surface area contributed by atoms with Crippen LogP contribution < -0.4 is 31.6 Å². The lowest BCUT2D eigenvalue weighted by atomic mass is 9.53. The van der Waals surface area contributed by atoms with Gasteiger partial charge in [0, 0.05) is 24.7 Å². The second-order valence-electron chi connectivity index (χ2n) is 12.2. The zero-order valence-electron chi connectivity index (χ0n) is 23.9. The summed E-state index contributed by atoms with van der Waals surface area (Å²) in [6.45, 7) is 4.04. The number of aliphatic hydroxyl groups is 1. The number of rotatable bonds is 13. The maximum absolute atomic E-state index is 13.2. The summed E-state index contributed by atoms with van der Waals surface area (Å²) in [6.07, 6.45) is 10.9.